The minimum absolute atomic E-state index is 0.212. The highest BCUT2D eigenvalue weighted by Crippen LogP contribution is 2.42. The first-order valence-corrected chi connectivity index (χ1v) is 11.4. The van der Waals surface area contributed by atoms with Crippen molar-refractivity contribution in [1.29, 1.82) is 0 Å². The first-order valence-electron chi connectivity index (χ1n) is 8.66. The van der Waals surface area contributed by atoms with Gasteiger partial charge in [0.25, 0.3) is 0 Å². The largest absolute Gasteiger partial charge is 0.496 e. The van der Waals surface area contributed by atoms with E-state index in [2.05, 4.69) is 15.4 Å². The zero-order valence-corrected chi connectivity index (χ0v) is 17.9. The molecule has 4 rings (SSSR count). The second kappa shape index (κ2) is 7.12. The fourth-order valence-electron chi connectivity index (χ4n) is 3.11. The number of nitrogens with zero attached hydrogens (tertiary/aromatic N) is 4. The quantitative estimate of drug-likeness (QED) is 0.518. The SMILES string of the molecule is COc1cc(S(C)(=O)=O)ccc1-c1c(C)sc2cnc(Nc3cnn(C)c3)nc12. The van der Waals surface area contributed by atoms with Crippen LogP contribution in [-0.4, -0.2) is 41.5 Å². The van der Waals surface area contributed by atoms with Crippen molar-refractivity contribution in [1.82, 2.24) is 19.7 Å². The predicted octanol–water partition coefficient (Wildman–Crippen LogP) is 3.56. The number of thiophene rings is 1. The number of hydrogen-bond acceptors (Lipinski definition) is 8. The number of sulfone groups is 1. The third kappa shape index (κ3) is 3.68. The van der Waals surface area contributed by atoms with E-state index in [1.54, 1.807) is 46.6 Å². The lowest BCUT2D eigenvalue weighted by atomic mass is 10.0. The van der Waals surface area contributed by atoms with Gasteiger partial charge in [0, 0.05) is 35.5 Å². The summed E-state index contributed by atoms with van der Waals surface area (Å²) in [6.45, 7) is 2.00. The van der Waals surface area contributed by atoms with E-state index < -0.39 is 9.84 Å². The third-order valence-corrected chi connectivity index (χ3v) is 6.58. The zero-order valence-electron chi connectivity index (χ0n) is 16.3. The first kappa shape index (κ1) is 19.3. The smallest absolute Gasteiger partial charge is 0.227 e. The van der Waals surface area contributed by atoms with Crippen molar-refractivity contribution < 1.29 is 13.2 Å². The number of aromatic nitrogens is 4. The van der Waals surface area contributed by atoms with Crippen LogP contribution in [0.15, 0.2) is 41.7 Å². The van der Waals surface area contributed by atoms with Crippen molar-refractivity contribution in [3.63, 3.8) is 0 Å². The van der Waals surface area contributed by atoms with Crippen molar-refractivity contribution in [2.75, 3.05) is 18.7 Å². The van der Waals surface area contributed by atoms with Gasteiger partial charge < -0.3 is 10.1 Å². The fraction of sp³-hybridized carbons (Fsp3) is 0.211. The van der Waals surface area contributed by atoms with Crippen LogP contribution in [-0.2, 0) is 16.9 Å². The molecule has 0 atom stereocenters. The predicted molar refractivity (Wildman–Crippen MR) is 114 cm³/mol. The maximum Gasteiger partial charge on any atom is 0.227 e. The van der Waals surface area contributed by atoms with Gasteiger partial charge in [-0.3, -0.25) is 4.68 Å². The number of anilines is 2. The fourth-order valence-corrected chi connectivity index (χ4v) is 4.73. The van der Waals surface area contributed by atoms with Crippen LogP contribution in [0.1, 0.15) is 4.88 Å². The van der Waals surface area contributed by atoms with Gasteiger partial charge in [-0.1, -0.05) is 0 Å². The summed E-state index contributed by atoms with van der Waals surface area (Å²) in [5.74, 6) is 0.937. The van der Waals surface area contributed by atoms with Gasteiger partial charge >= 0.3 is 0 Å². The monoisotopic (exact) mass is 429 g/mol. The molecule has 0 fully saturated rings. The third-order valence-electron chi connectivity index (χ3n) is 4.44. The Morgan fingerprint density at radius 3 is 2.69 bits per heavy atom. The van der Waals surface area contributed by atoms with E-state index >= 15 is 0 Å². The molecule has 0 aliphatic carbocycles. The normalized spacial score (nSPS) is 11.7. The van der Waals surface area contributed by atoms with Gasteiger partial charge in [0.1, 0.15) is 5.75 Å². The summed E-state index contributed by atoms with van der Waals surface area (Å²) in [5, 5.41) is 7.28. The maximum absolute atomic E-state index is 11.9. The Bertz CT molecular complexity index is 1330. The van der Waals surface area contributed by atoms with Crippen LogP contribution in [0.2, 0.25) is 0 Å². The van der Waals surface area contributed by atoms with Gasteiger partial charge in [0.05, 0.1) is 40.3 Å². The highest BCUT2D eigenvalue weighted by molar-refractivity contribution is 7.90. The van der Waals surface area contributed by atoms with Gasteiger partial charge in [-0.25, -0.2) is 18.4 Å². The summed E-state index contributed by atoms with van der Waals surface area (Å²) in [5.41, 5.74) is 3.25. The molecule has 0 bridgehead atoms. The van der Waals surface area contributed by atoms with Gasteiger partial charge in [0.15, 0.2) is 9.84 Å². The highest BCUT2D eigenvalue weighted by Gasteiger charge is 2.19. The Balaban J connectivity index is 1.85. The number of benzene rings is 1. The van der Waals surface area contributed by atoms with Crippen LogP contribution >= 0.6 is 11.3 Å². The van der Waals surface area contributed by atoms with E-state index in [1.807, 2.05) is 20.2 Å². The van der Waals surface area contributed by atoms with Crippen molar-refractivity contribution >= 4 is 43.0 Å². The summed E-state index contributed by atoms with van der Waals surface area (Å²) in [6.07, 6.45) is 6.48. The number of aryl methyl sites for hydroxylation is 2. The molecule has 0 spiro atoms. The van der Waals surface area contributed by atoms with Crippen molar-refractivity contribution in [2.24, 2.45) is 7.05 Å². The summed E-state index contributed by atoms with van der Waals surface area (Å²) >= 11 is 1.58. The summed E-state index contributed by atoms with van der Waals surface area (Å²) < 4.78 is 31.9. The molecule has 0 saturated carbocycles. The molecule has 0 unspecified atom stereocenters. The standard InChI is InChI=1S/C19H19N5O3S2/c1-11-17(14-6-5-13(29(4,25)26)7-15(14)27-3)18-16(28-11)9-20-19(23-18)22-12-8-21-24(2)10-12/h5-10H,1-4H3,(H,20,22,23). The molecule has 1 N–H and O–H groups in total. The Kier molecular flexibility index (Phi) is 4.75. The van der Waals surface area contributed by atoms with Crippen LogP contribution in [0.4, 0.5) is 11.6 Å². The lowest BCUT2D eigenvalue weighted by molar-refractivity contribution is 0.415. The summed E-state index contributed by atoms with van der Waals surface area (Å²) in [4.78, 5) is 10.3. The van der Waals surface area contributed by atoms with Gasteiger partial charge in [0.2, 0.25) is 5.95 Å². The van der Waals surface area contributed by atoms with Gasteiger partial charge in [-0.05, 0) is 25.1 Å². The molecule has 150 valence electrons. The molecular formula is C19H19N5O3S2. The molecule has 10 heteroatoms. The molecule has 0 saturated heterocycles. The number of ether oxygens (including phenoxy) is 1. The lowest BCUT2D eigenvalue weighted by Gasteiger charge is -2.11. The second-order valence-corrected chi connectivity index (χ2v) is 9.87. The molecule has 0 amide bonds. The molecule has 29 heavy (non-hydrogen) atoms. The average molecular weight is 430 g/mol. The van der Waals surface area contributed by atoms with Crippen LogP contribution < -0.4 is 10.1 Å². The van der Waals surface area contributed by atoms with E-state index in [0.717, 1.165) is 31.9 Å². The van der Waals surface area contributed by atoms with E-state index in [9.17, 15) is 8.42 Å². The molecule has 3 heterocycles. The van der Waals surface area contributed by atoms with E-state index in [-0.39, 0.29) is 4.90 Å². The number of hydrogen-bond donors (Lipinski definition) is 1. The maximum atomic E-state index is 11.9. The number of rotatable bonds is 5. The van der Waals surface area contributed by atoms with Gasteiger partial charge in [-0.15, -0.1) is 11.3 Å². The van der Waals surface area contributed by atoms with Crippen molar-refractivity contribution in [2.45, 2.75) is 11.8 Å². The minimum atomic E-state index is -3.33. The summed E-state index contributed by atoms with van der Waals surface area (Å²) in [6, 6.07) is 4.90. The molecule has 0 radical (unpaired) electrons. The average Bonchev–Trinajstić information content (AvgIpc) is 3.22. The van der Waals surface area contributed by atoms with E-state index in [0.29, 0.717) is 11.7 Å². The molecule has 8 nitrogen and oxygen atoms in total. The molecule has 1 aromatic carbocycles. The molecule has 3 aromatic heterocycles. The Hall–Kier alpha value is -2.98. The Labute approximate surface area is 172 Å². The molecule has 0 aliphatic heterocycles. The molecule has 4 aromatic rings. The van der Waals surface area contributed by atoms with Crippen LogP contribution in [0.25, 0.3) is 21.3 Å². The number of nitrogens with one attached hydrogen (secondary N) is 1. The van der Waals surface area contributed by atoms with Crippen molar-refractivity contribution in [3.05, 3.63) is 41.7 Å². The summed E-state index contributed by atoms with van der Waals surface area (Å²) in [7, 11) is 0.0284. The van der Waals surface area contributed by atoms with Crippen LogP contribution in [0, 0.1) is 6.92 Å². The van der Waals surface area contributed by atoms with Crippen molar-refractivity contribution in [3.8, 4) is 16.9 Å². The first-order chi connectivity index (χ1) is 13.8. The number of fused-ring (bicyclic) bond motifs is 1. The number of methoxy groups -OCH3 is 1. The topological polar surface area (TPSA) is 99.0 Å². The Morgan fingerprint density at radius 2 is 2.03 bits per heavy atom. The van der Waals surface area contributed by atoms with Gasteiger partial charge in [-0.2, -0.15) is 5.10 Å². The lowest BCUT2D eigenvalue weighted by Crippen LogP contribution is -1.99. The Morgan fingerprint density at radius 1 is 1.24 bits per heavy atom. The van der Waals surface area contributed by atoms with E-state index in [4.69, 9.17) is 9.72 Å². The molecule has 0 aliphatic rings. The van der Waals surface area contributed by atoms with Crippen LogP contribution in [0.5, 0.6) is 5.75 Å². The highest BCUT2D eigenvalue weighted by atomic mass is 32.2. The second-order valence-electron chi connectivity index (χ2n) is 6.60. The zero-order chi connectivity index (χ0) is 20.8. The van der Waals surface area contributed by atoms with Crippen LogP contribution in [0.3, 0.4) is 0 Å². The molecular weight excluding hydrogens is 410 g/mol. The minimum Gasteiger partial charge on any atom is -0.496 e. The van der Waals surface area contributed by atoms with E-state index in [1.165, 1.54) is 13.4 Å².